The van der Waals surface area contributed by atoms with E-state index in [1.54, 1.807) is 37.3 Å². The molecule has 1 atom stereocenters. The Morgan fingerprint density at radius 1 is 1.40 bits per heavy atom. The summed E-state index contributed by atoms with van der Waals surface area (Å²) in [7, 11) is 1.22. The molecule has 0 fully saturated rings. The van der Waals surface area contributed by atoms with Crippen LogP contribution in [0.3, 0.4) is 0 Å². The van der Waals surface area contributed by atoms with Gasteiger partial charge in [0.05, 0.1) is 7.11 Å². The molecule has 1 rings (SSSR count). The van der Waals surface area contributed by atoms with Gasteiger partial charge in [-0.05, 0) is 6.92 Å². The maximum atomic E-state index is 11.4. The van der Waals surface area contributed by atoms with E-state index in [0.29, 0.717) is 5.56 Å². The van der Waals surface area contributed by atoms with Crippen LogP contribution in [0.15, 0.2) is 30.3 Å². The number of esters is 1. The molecular weight excluding hydrogens is 192 g/mol. The lowest BCUT2D eigenvalue weighted by atomic mass is 9.94. The number of benzene rings is 1. The van der Waals surface area contributed by atoms with E-state index >= 15 is 0 Å². The summed E-state index contributed by atoms with van der Waals surface area (Å²) in [5.74, 6) is 4.20. The Morgan fingerprint density at radius 3 is 2.47 bits per heavy atom. The highest BCUT2D eigenvalue weighted by molar-refractivity contribution is 5.84. The monoisotopic (exact) mass is 204 g/mol. The van der Waals surface area contributed by atoms with Gasteiger partial charge in [-0.1, -0.05) is 36.3 Å². The van der Waals surface area contributed by atoms with Crippen molar-refractivity contribution < 1.29 is 14.6 Å². The fraction of sp³-hybridized carbons (Fsp3) is 0.250. The van der Waals surface area contributed by atoms with Crippen LogP contribution in [-0.2, 0) is 15.1 Å². The minimum absolute atomic E-state index is 0.409. The van der Waals surface area contributed by atoms with Gasteiger partial charge in [0.25, 0.3) is 0 Å². The van der Waals surface area contributed by atoms with Crippen LogP contribution in [-0.4, -0.2) is 18.2 Å². The Bertz CT molecular complexity index is 400. The van der Waals surface area contributed by atoms with E-state index in [2.05, 4.69) is 16.6 Å². The van der Waals surface area contributed by atoms with Gasteiger partial charge in [0.15, 0.2) is 0 Å². The van der Waals surface area contributed by atoms with E-state index < -0.39 is 11.6 Å². The van der Waals surface area contributed by atoms with Crippen molar-refractivity contribution in [2.45, 2.75) is 12.5 Å². The van der Waals surface area contributed by atoms with Gasteiger partial charge < -0.3 is 9.84 Å². The molecule has 1 unspecified atom stereocenters. The number of hydrogen-bond donors (Lipinski definition) is 1. The van der Waals surface area contributed by atoms with Gasteiger partial charge in [-0.2, -0.15) is 0 Å². The third kappa shape index (κ3) is 2.17. The van der Waals surface area contributed by atoms with Crippen LogP contribution in [0.2, 0.25) is 0 Å². The maximum Gasteiger partial charge on any atom is 0.355 e. The zero-order chi connectivity index (χ0) is 11.3. The molecule has 0 amide bonds. The van der Waals surface area contributed by atoms with E-state index in [4.69, 9.17) is 0 Å². The molecule has 0 radical (unpaired) electrons. The van der Waals surface area contributed by atoms with Crippen LogP contribution < -0.4 is 0 Å². The quantitative estimate of drug-likeness (QED) is 0.579. The van der Waals surface area contributed by atoms with Gasteiger partial charge in [-0.3, -0.25) is 0 Å². The first-order valence-electron chi connectivity index (χ1n) is 4.45. The Hall–Kier alpha value is -1.79. The van der Waals surface area contributed by atoms with E-state index in [1.165, 1.54) is 7.11 Å². The van der Waals surface area contributed by atoms with Gasteiger partial charge in [0, 0.05) is 5.56 Å². The number of hydrogen-bond acceptors (Lipinski definition) is 3. The highest BCUT2D eigenvalue weighted by Gasteiger charge is 2.37. The molecule has 3 heteroatoms. The molecule has 0 saturated carbocycles. The first-order valence-corrected chi connectivity index (χ1v) is 4.45. The van der Waals surface area contributed by atoms with Gasteiger partial charge in [-0.25, -0.2) is 4.79 Å². The van der Waals surface area contributed by atoms with E-state index in [0.717, 1.165) is 0 Å². The molecule has 78 valence electrons. The molecule has 0 heterocycles. The molecule has 0 spiro atoms. The van der Waals surface area contributed by atoms with Crippen molar-refractivity contribution in [2.24, 2.45) is 0 Å². The average Bonchev–Trinajstić information content (AvgIpc) is 2.29. The minimum Gasteiger partial charge on any atom is -0.466 e. The molecule has 0 aliphatic heterocycles. The Balaban J connectivity index is 3.23. The summed E-state index contributed by atoms with van der Waals surface area (Å²) in [5.41, 5.74) is -1.46. The largest absolute Gasteiger partial charge is 0.466 e. The standard InChI is InChI=1S/C12H12O3/c1-3-9-12(14,11(13)15-2)10-7-5-4-6-8-10/h4-8,14H,1-2H3. The predicted molar refractivity (Wildman–Crippen MR) is 55.8 cm³/mol. The topological polar surface area (TPSA) is 46.5 Å². The molecule has 0 bridgehead atoms. The normalized spacial score (nSPS) is 13.3. The average molecular weight is 204 g/mol. The van der Waals surface area contributed by atoms with Crippen molar-refractivity contribution >= 4 is 5.97 Å². The van der Waals surface area contributed by atoms with Crippen molar-refractivity contribution in [2.75, 3.05) is 7.11 Å². The first-order chi connectivity index (χ1) is 7.15. The molecule has 1 aromatic rings. The first kappa shape index (κ1) is 11.3. The van der Waals surface area contributed by atoms with E-state index in [-0.39, 0.29) is 0 Å². The summed E-state index contributed by atoms with van der Waals surface area (Å²) in [6.07, 6.45) is 0. The summed E-state index contributed by atoms with van der Waals surface area (Å²) in [6, 6.07) is 8.49. The molecular formula is C12H12O3. The fourth-order valence-corrected chi connectivity index (χ4v) is 1.25. The summed E-state index contributed by atoms with van der Waals surface area (Å²) in [4.78, 5) is 11.4. The van der Waals surface area contributed by atoms with Crippen molar-refractivity contribution in [3.63, 3.8) is 0 Å². The minimum atomic E-state index is -1.87. The maximum absolute atomic E-state index is 11.4. The number of rotatable bonds is 2. The molecule has 3 nitrogen and oxygen atoms in total. The molecule has 0 aliphatic rings. The smallest absolute Gasteiger partial charge is 0.355 e. The molecule has 0 saturated heterocycles. The lowest BCUT2D eigenvalue weighted by molar-refractivity contribution is -0.157. The molecule has 15 heavy (non-hydrogen) atoms. The fourth-order valence-electron chi connectivity index (χ4n) is 1.25. The Labute approximate surface area is 88.7 Å². The van der Waals surface area contributed by atoms with Gasteiger partial charge in [0.1, 0.15) is 0 Å². The van der Waals surface area contributed by atoms with Gasteiger partial charge >= 0.3 is 5.97 Å². The van der Waals surface area contributed by atoms with Crippen molar-refractivity contribution in [1.82, 2.24) is 0 Å². The van der Waals surface area contributed by atoms with Gasteiger partial charge in [-0.15, -0.1) is 5.92 Å². The summed E-state index contributed by atoms with van der Waals surface area (Å²) in [6.45, 7) is 1.55. The highest BCUT2D eigenvalue weighted by atomic mass is 16.5. The van der Waals surface area contributed by atoms with E-state index in [1.807, 2.05) is 0 Å². The predicted octanol–water partition coefficient (Wildman–Crippen LogP) is 1.07. The summed E-state index contributed by atoms with van der Waals surface area (Å²) < 4.78 is 4.53. The zero-order valence-electron chi connectivity index (χ0n) is 8.65. The second-order valence-electron chi connectivity index (χ2n) is 2.94. The van der Waals surface area contributed by atoms with Crippen LogP contribution in [0.1, 0.15) is 12.5 Å². The Kier molecular flexibility index (Phi) is 3.48. The van der Waals surface area contributed by atoms with Crippen LogP contribution in [0.4, 0.5) is 0 Å². The highest BCUT2D eigenvalue weighted by Crippen LogP contribution is 2.21. The van der Waals surface area contributed by atoms with Crippen molar-refractivity contribution in [3.8, 4) is 11.8 Å². The van der Waals surface area contributed by atoms with Crippen LogP contribution in [0.5, 0.6) is 0 Å². The molecule has 0 aromatic heterocycles. The van der Waals surface area contributed by atoms with Crippen molar-refractivity contribution in [1.29, 1.82) is 0 Å². The summed E-state index contributed by atoms with van der Waals surface area (Å²) >= 11 is 0. The van der Waals surface area contributed by atoms with Crippen molar-refractivity contribution in [3.05, 3.63) is 35.9 Å². The Morgan fingerprint density at radius 2 is 2.00 bits per heavy atom. The number of aliphatic hydroxyl groups is 1. The molecule has 0 aliphatic carbocycles. The third-order valence-electron chi connectivity index (χ3n) is 1.98. The van der Waals surface area contributed by atoms with E-state index in [9.17, 15) is 9.90 Å². The second kappa shape index (κ2) is 4.63. The summed E-state index contributed by atoms with van der Waals surface area (Å²) in [5, 5.41) is 10.1. The zero-order valence-corrected chi connectivity index (χ0v) is 8.65. The number of methoxy groups -OCH3 is 1. The lowest BCUT2D eigenvalue weighted by Gasteiger charge is -2.19. The third-order valence-corrected chi connectivity index (χ3v) is 1.98. The van der Waals surface area contributed by atoms with Crippen LogP contribution in [0.25, 0.3) is 0 Å². The SMILES string of the molecule is CC#CC(O)(C(=O)OC)c1ccccc1. The molecule has 1 N–H and O–H groups in total. The van der Waals surface area contributed by atoms with Gasteiger partial charge in [0.2, 0.25) is 5.60 Å². The lowest BCUT2D eigenvalue weighted by Crippen LogP contribution is -2.35. The number of ether oxygens (including phenoxy) is 1. The second-order valence-corrected chi connectivity index (χ2v) is 2.94. The van der Waals surface area contributed by atoms with Crippen LogP contribution in [0, 0.1) is 11.8 Å². The van der Waals surface area contributed by atoms with Crippen LogP contribution >= 0.6 is 0 Å². The number of carbonyl (C=O) groups excluding carboxylic acids is 1. The number of carbonyl (C=O) groups is 1. The molecule has 1 aromatic carbocycles.